The average molecular weight is 315 g/mol. The first-order valence-electron chi connectivity index (χ1n) is 5.38. The SMILES string of the molecule is CC(OCc1ccc(C#N)c(F)c1)(C(F)(F)F)C(F)(F)F. The van der Waals surface area contributed by atoms with Gasteiger partial charge in [-0.25, -0.2) is 4.39 Å². The van der Waals surface area contributed by atoms with Gasteiger partial charge in [-0.2, -0.15) is 31.6 Å². The van der Waals surface area contributed by atoms with E-state index >= 15 is 0 Å². The summed E-state index contributed by atoms with van der Waals surface area (Å²) >= 11 is 0. The summed E-state index contributed by atoms with van der Waals surface area (Å²) in [6, 6.07) is 4.06. The monoisotopic (exact) mass is 315 g/mol. The van der Waals surface area contributed by atoms with Crippen LogP contribution >= 0.6 is 0 Å². The van der Waals surface area contributed by atoms with Crippen molar-refractivity contribution in [3.05, 3.63) is 35.1 Å². The topological polar surface area (TPSA) is 33.0 Å². The molecular formula is C12H8F7NO. The van der Waals surface area contributed by atoms with E-state index in [9.17, 15) is 30.7 Å². The Morgan fingerprint density at radius 3 is 2.00 bits per heavy atom. The van der Waals surface area contributed by atoms with Gasteiger partial charge in [-0.3, -0.25) is 0 Å². The van der Waals surface area contributed by atoms with Crippen LogP contribution in [-0.4, -0.2) is 18.0 Å². The molecule has 116 valence electrons. The molecule has 0 atom stereocenters. The van der Waals surface area contributed by atoms with Crippen LogP contribution in [0.4, 0.5) is 30.7 Å². The summed E-state index contributed by atoms with van der Waals surface area (Å²) in [6.45, 7) is -1.26. The van der Waals surface area contributed by atoms with Crippen LogP contribution in [0.1, 0.15) is 18.1 Å². The molecule has 0 aliphatic rings. The van der Waals surface area contributed by atoms with Crippen molar-refractivity contribution in [1.29, 1.82) is 5.26 Å². The van der Waals surface area contributed by atoms with Gasteiger partial charge in [0.15, 0.2) is 0 Å². The quantitative estimate of drug-likeness (QED) is 0.787. The minimum absolute atomic E-state index is 0.146. The van der Waals surface area contributed by atoms with Crippen molar-refractivity contribution in [2.45, 2.75) is 31.5 Å². The van der Waals surface area contributed by atoms with Crippen molar-refractivity contribution in [2.75, 3.05) is 0 Å². The zero-order chi connectivity index (χ0) is 16.5. The molecule has 0 saturated carbocycles. The number of ether oxygens (including phenoxy) is 1. The van der Waals surface area contributed by atoms with E-state index < -0.39 is 30.4 Å². The number of alkyl halides is 6. The molecule has 0 bridgehead atoms. The molecule has 21 heavy (non-hydrogen) atoms. The predicted molar refractivity (Wildman–Crippen MR) is 56.4 cm³/mol. The van der Waals surface area contributed by atoms with Gasteiger partial charge in [-0.15, -0.1) is 0 Å². The van der Waals surface area contributed by atoms with Crippen LogP contribution in [0.3, 0.4) is 0 Å². The molecule has 2 nitrogen and oxygen atoms in total. The summed E-state index contributed by atoms with van der Waals surface area (Å²) in [7, 11) is 0. The van der Waals surface area contributed by atoms with Crippen molar-refractivity contribution in [1.82, 2.24) is 0 Å². The fraction of sp³-hybridized carbons (Fsp3) is 0.417. The number of hydrogen-bond donors (Lipinski definition) is 0. The van der Waals surface area contributed by atoms with E-state index in [0.717, 1.165) is 12.1 Å². The normalized spacial score (nSPS) is 13.1. The Bertz CT molecular complexity index is 542. The van der Waals surface area contributed by atoms with Crippen molar-refractivity contribution < 1.29 is 35.5 Å². The Morgan fingerprint density at radius 2 is 1.62 bits per heavy atom. The van der Waals surface area contributed by atoms with Gasteiger partial charge in [0.1, 0.15) is 11.9 Å². The van der Waals surface area contributed by atoms with Crippen LogP contribution in [-0.2, 0) is 11.3 Å². The first-order chi connectivity index (χ1) is 9.42. The average Bonchev–Trinajstić information content (AvgIpc) is 2.33. The highest BCUT2D eigenvalue weighted by Crippen LogP contribution is 2.45. The van der Waals surface area contributed by atoms with Gasteiger partial charge >= 0.3 is 12.4 Å². The third-order valence-corrected chi connectivity index (χ3v) is 2.76. The molecule has 1 aromatic rings. The van der Waals surface area contributed by atoms with Crippen molar-refractivity contribution in [2.24, 2.45) is 0 Å². The second-order valence-corrected chi connectivity index (χ2v) is 4.24. The summed E-state index contributed by atoms with van der Waals surface area (Å²) in [6.07, 6.45) is -11.4. The van der Waals surface area contributed by atoms with E-state index in [1.165, 1.54) is 6.07 Å². The van der Waals surface area contributed by atoms with Crippen LogP contribution in [0.25, 0.3) is 0 Å². The molecule has 0 amide bonds. The van der Waals surface area contributed by atoms with E-state index in [1.54, 1.807) is 0 Å². The van der Waals surface area contributed by atoms with E-state index in [1.807, 2.05) is 0 Å². The second-order valence-electron chi connectivity index (χ2n) is 4.24. The molecule has 0 aliphatic carbocycles. The van der Waals surface area contributed by atoms with Crippen molar-refractivity contribution in [3.8, 4) is 6.07 Å². The second kappa shape index (κ2) is 5.52. The minimum Gasteiger partial charge on any atom is -0.353 e. The van der Waals surface area contributed by atoms with Crippen molar-refractivity contribution in [3.63, 3.8) is 0 Å². The summed E-state index contributed by atoms with van der Waals surface area (Å²) in [5.74, 6) is -1.06. The maximum Gasteiger partial charge on any atom is 0.426 e. The lowest BCUT2D eigenvalue weighted by atomic mass is 10.1. The number of benzene rings is 1. The van der Waals surface area contributed by atoms with Crippen LogP contribution in [0.2, 0.25) is 0 Å². The van der Waals surface area contributed by atoms with Gasteiger partial charge in [-0.05, 0) is 24.6 Å². The summed E-state index contributed by atoms with van der Waals surface area (Å²) in [5, 5.41) is 8.46. The third kappa shape index (κ3) is 3.44. The number of hydrogen-bond acceptors (Lipinski definition) is 2. The van der Waals surface area contributed by atoms with E-state index in [-0.39, 0.29) is 18.1 Å². The predicted octanol–water partition coefficient (Wildman–Crippen LogP) is 4.10. The smallest absolute Gasteiger partial charge is 0.353 e. The number of nitriles is 1. The zero-order valence-corrected chi connectivity index (χ0v) is 10.4. The first-order valence-corrected chi connectivity index (χ1v) is 5.38. The first kappa shape index (κ1) is 17.2. The molecule has 0 unspecified atom stereocenters. The number of nitrogens with zero attached hydrogens (tertiary/aromatic N) is 1. The molecule has 0 heterocycles. The number of halogens is 7. The Kier molecular flexibility index (Phi) is 4.53. The molecule has 1 rings (SSSR count). The Hall–Kier alpha value is -1.82. The molecule has 0 saturated heterocycles. The fourth-order valence-corrected chi connectivity index (χ4v) is 1.29. The Morgan fingerprint density at radius 1 is 1.10 bits per heavy atom. The summed E-state index contributed by atoms with van der Waals surface area (Å²) < 4.78 is 92.4. The molecule has 1 aromatic carbocycles. The fourth-order valence-electron chi connectivity index (χ4n) is 1.29. The highest BCUT2D eigenvalue weighted by Gasteiger charge is 2.69. The molecular weight excluding hydrogens is 307 g/mol. The zero-order valence-electron chi connectivity index (χ0n) is 10.4. The van der Waals surface area contributed by atoms with Gasteiger partial charge < -0.3 is 4.74 Å². The third-order valence-electron chi connectivity index (χ3n) is 2.76. The van der Waals surface area contributed by atoms with Gasteiger partial charge in [0.2, 0.25) is 0 Å². The lowest BCUT2D eigenvalue weighted by Crippen LogP contribution is -2.56. The van der Waals surface area contributed by atoms with Crippen molar-refractivity contribution >= 4 is 0 Å². The highest BCUT2D eigenvalue weighted by atomic mass is 19.4. The Labute approximate surface area is 114 Å². The lowest BCUT2D eigenvalue weighted by molar-refractivity contribution is -0.377. The maximum atomic E-state index is 13.2. The summed E-state index contributed by atoms with van der Waals surface area (Å²) in [5.41, 5.74) is -5.01. The van der Waals surface area contributed by atoms with E-state index in [2.05, 4.69) is 4.74 Å². The van der Waals surface area contributed by atoms with Crippen LogP contribution in [0, 0.1) is 17.1 Å². The van der Waals surface area contributed by atoms with Crippen LogP contribution < -0.4 is 0 Å². The van der Waals surface area contributed by atoms with E-state index in [0.29, 0.717) is 6.07 Å². The maximum absolute atomic E-state index is 13.2. The molecule has 0 spiro atoms. The molecule has 9 heteroatoms. The molecule has 0 fully saturated rings. The van der Waals surface area contributed by atoms with E-state index in [4.69, 9.17) is 5.26 Å². The highest BCUT2D eigenvalue weighted by molar-refractivity contribution is 5.33. The van der Waals surface area contributed by atoms with Gasteiger partial charge in [0, 0.05) is 0 Å². The largest absolute Gasteiger partial charge is 0.426 e. The Balaban J connectivity index is 2.99. The van der Waals surface area contributed by atoms with Crippen LogP contribution in [0.15, 0.2) is 18.2 Å². The summed E-state index contributed by atoms with van der Waals surface area (Å²) in [4.78, 5) is 0. The van der Waals surface area contributed by atoms with Crippen LogP contribution in [0.5, 0.6) is 0 Å². The molecule has 0 aromatic heterocycles. The number of rotatable bonds is 3. The molecule has 0 N–H and O–H groups in total. The van der Waals surface area contributed by atoms with Gasteiger partial charge in [0.05, 0.1) is 12.2 Å². The minimum atomic E-state index is -5.68. The van der Waals surface area contributed by atoms with Gasteiger partial charge in [-0.1, -0.05) is 6.07 Å². The molecule has 0 aliphatic heterocycles. The lowest BCUT2D eigenvalue weighted by Gasteiger charge is -2.33. The van der Waals surface area contributed by atoms with Gasteiger partial charge in [0.25, 0.3) is 5.60 Å². The molecule has 0 radical (unpaired) electrons. The standard InChI is InChI=1S/C12H8F7NO/c1-10(11(14,15)16,12(17,18)19)21-6-7-2-3-8(5-20)9(13)4-7/h2-4H,6H2,1H3.